The fraction of sp³-hybridized carbons (Fsp3) is 0.115. The summed E-state index contributed by atoms with van der Waals surface area (Å²) < 4.78 is 0. The maximum atomic E-state index is 12.9. The number of carbonyl (C=O) groups is 3. The number of anilines is 2. The van der Waals surface area contributed by atoms with Gasteiger partial charge in [-0.3, -0.25) is 4.79 Å². The Morgan fingerprint density at radius 2 is 1.61 bits per heavy atom. The number of carbonyl (C=O) groups excluding carboxylic acids is 3. The molecule has 0 heterocycles. The van der Waals surface area contributed by atoms with Crippen molar-refractivity contribution in [1.82, 2.24) is 0 Å². The largest absolute Gasteiger partial charge is 0.549 e. The van der Waals surface area contributed by atoms with E-state index in [0.29, 0.717) is 33.1 Å². The Balaban J connectivity index is 1.79. The molecule has 0 spiro atoms. The van der Waals surface area contributed by atoms with Gasteiger partial charge in [0.05, 0.1) is 17.0 Å². The van der Waals surface area contributed by atoms with Crippen LogP contribution in [-0.2, 0) is 9.59 Å². The smallest absolute Gasteiger partial charge is 0.194 e. The van der Waals surface area contributed by atoms with Crippen LogP contribution < -0.4 is 15.5 Å². The van der Waals surface area contributed by atoms with Crippen molar-refractivity contribution < 1.29 is 24.6 Å². The molecule has 0 radical (unpaired) electrons. The Hall–Kier alpha value is -3.90. The highest BCUT2D eigenvalue weighted by molar-refractivity contribution is 6.35. The molecule has 0 atom stereocenters. The first kappa shape index (κ1) is 23.8. The molecule has 33 heavy (non-hydrogen) atoms. The summed E-state index contributed by atoms with van der Waals surface area (Å²) in [4.78, 5) is 34.7. The van der Waals surface area contributed by atoms with Gasteiger partial charge in [0.15, 0.2) is 5.78 Å². The summed E-state index contributed by atoms with van der Waals surface area (Å²) in [7, 11) is 0. The van der Waals surface area contributed by atoms with Crippen molar-refractivity contribution in [2.24, 2.45) is 5.92 Å². The van der Waals surface area contributed by atoms with Gasteiger partial charge in [-0.1, -0.05) is 66.2 Å². The Bertz CT molecular complexity index is 1220. The van der Waals surface area contributed by atoms with Crippen LogP contribution in [0.4, 0.5) is 11.4 Å². The van der Waals surface area contributed by atoms with E-state index in [1.54, 1.807) is 54.6 Å². The molecule has 7 heteroatoms. The molecule has 168 valence electrons. The van der Waals surface area contributed by atoms with Crippen LogP contribution >= 0.6 is 11.6 Å². The van der Waals surface area contributed by atoms with E-state index in [1.807, 2.05) is 25.1 Å². The molecule has 0 amide bonds. The summed E-state index contributed by atoms with van der Waals surface area (Å²) in [6.45, 7) is 1.86. The predicted molar refractivity (Wildman–Crippen MR) is 123 cm³/mol. The second-order valence-corrected chi connectivity index (χ2v) is 7.79. The van der Waals surface area contributed by atoms with E-state index in [1.165, 1.54) is 6.08 Å². The molecule has 0 unspecified atom stereocenters. The van der Waals surface area contributed by atoms with Crippen LogP contribution in [0.5, 0.6) is 0 Å². The van der Waals surface area contributed by atoms with Crippen molar-refractivity contribution in [3.63, 3.8) is 0 Å². The molecule has 0 aliphatic rings. The monoisotopic (exact) mass is 461 g/mol. The maximum absolute atomic E-state index is 12.9. The van der Waals surface area contributed by atoms with Crippen LogP contribution in [-0.4, -0.2) is 17.7 Å². The van der Waals surface area contributed by atoms with Gasteiger partial charge in [0.1, 0.15) is 0 Å². The van der Waals surface area contributed by atoms with Crippen molar-refractivity contribution in [2.45, 2.75) is 13.3 Å². The van der Waals surface area contributed by atoms with E-state index in [-0.39, 0.29) is 12.2 Å². The van der Waals surface area contributed by atoms with Gasteiger partial charge in [0, 0.05) is 28.4 Å². The standard InChI is InChI=1S/C26H22ClNO5/c1-16-7-2-4-10-19(16)24(29)20-14-13-18(15-22(20)27)28-23-12-5-3-8-17(23)9-6-11-21(25(30)31)26(32)33/h2-10,12-15,21,28H,11H2,1H3,(H,30,31)(H,32,33)/p-2/b9-6+. The van der Waals surface area contributed by atoms with Gasteiger partial charge in [-0.25, -0.2) is 0 Å². The molecule has 1 N–H and O–H groups in total. The summed E-state index contributed by atoms with van der Waals surface area (Å²) >= 11 is 6.41. The molecule has 3 aromatic rings. The van der Waals surface area contributed by atoms with E-state index in [2.05, 4.69) is 5.32 Å². The minimum Gasteiger partial charge on any atom is -0.549 e. The average Bonchev–Trinajstić information content (AvgIpc) is 2.77. The van der Waals surface area contributed by atoms with E-state index in [9.17, 15) is 24.6 Å². The van der Waals surface area contributed by atoms with E-state index >= 15 is 0 Å². The molecule has 0 saturated heterocycles. The maximum Gasteiger partial charge on any atom is 0.194 e. The van der Waals surface area contributed by atoms with Gasteiger partial charge >= 0.3 is 0 Å². The zero-order chi connectivity index (χ0) is 24.0. The quantitative estimate of drug-likeness (QED) is 0.387. The van der Waals surface area contributed by atoms with Gasteiger partial charge in [-0.15, -0.1) is 0 Å². The van der Waals surface area contributed by atoms with Crippen molar-refractivity contribution >= 4 is 46.8 Å². The van der Waals surface area contributed by atoms with Gasteiger partial charge in [0.25, 0.3) is 0 Å². The number of benzene rings is 3. The highest BCUT2D eigenvalue weighted by Gasteiger charge is 2.15. The SMILES string of the molecule is Cc1ccccc1C(=O)c1ccc(Nc2ccccc2/C=C/CC(C(=O)[O-])C(=O)[O-])cc1Cl. The number of halogens is 1. The fourth-order valence-corrected chi connectivity index (χ4v) is 3.55. The Labute approximate surface area is 196 Å². The van der Waals surface area contributed by atoms with Crippen molar-refractivity contribution in [3.05, 3.63) is 100 Å². The number of para-hydroxylation sites is 1. The molecule has 0 bridgehead atoms. The van der Waals surface area contributed by atoms with Gasteiger partial charge in [0.2, 0.25) is 0 Å². The number of allylic oxidation sites excluding steroid dienone is 1. The van der Waals surface area contributed by atoms with E-state index in [4.69, 9.17) is 11.6 Å². The average molecular weight is 462 g/mol. The van der Waals surface area contributed by atoms with Gasteiger partial charge < -0.3 is 25.1 Å². The van der Waals surface area contributed by atoms with Crippen LogP contribution in [0, 0.1) is 12.8 Å². The molecule has 0 aliphatic carbocycles. The predicted octanol–water partition coefficient (Wildman–Crippen LogP) is 3.14. The first-order valence-electron chi connectivity index (χ1n) is 10.1. The van der Waals surface area contributed by atoms with E-state index < -0.39 is 17.9 Å². The second kappa shape index (κ2) is 10.6. The van der Waals surface area contributed by atoms with Crippen LogP contribution in [0.1, 0.15) is 33.5 Å². The number of aliphatic carboxylic acids is 2. The lowest BCUT2D eigenvalue weighted by Crippen LogP contribution is -2.43. The van der Waals surface area contributed by atoms with Crippen LogP contribution in [0.3, 0.4) is 0 Å². The van der Waals surface area contributed by atoms with Crippen molar-refractivity contribution in [3.8, 4) is 0 Å². The number of hydrogen-bond acceptors (Lipinski definition) is 6. The molecule has 3 aromatic carbocycles. The summed E-state index contributed by atoms with van der Waals surface area (Å²) in [6.07, 6.45) is 2.78. The molecule has 0 fully saturated rings. The Morgan fingerprint density at radius 1 is 0.939 bits per heavy atom. The highest BCUT2D eigenvalue weighted by atomic mass is 35.5. The van der Waals surface area contributed by atoms with E-state index in [0.717, 1.165) is 5.56 Å². The number of carboxylic acid groups (broad SMARTS) is 2. The Morgan fingerprint density at radius 3 is 2.27 bits per heavy atom. The molecular weight excluding hydrogens is 442 g/mol. The number of nitrogens with one attached hydrogen (secondary N) is 1. The van der Waals surface area contributed by atoms with Crippen LogP contribution in [0.25, 0.3) is 6.08 Å². The number of aryl methyl sites for hydroxylation is 1. The van der Waals surface area contributed by atoms with Crippen molar-refractivity contribution in [2.75, 3.05) is 5.32 Å². The second-order valence-electron chi connectivity index (χ2n) is 7.38. The fourth-order valence-electron chi connectivity index (χ4n) is 3.28. The lowest BCUT2D eigenvalue weighted by Gasteiger charge is -2.16. The first-order chi connectivity index (χ1) is 15.8. The highest BCUT2D eigenvalue weighted by Crippen LogP contribution is 2.28. The normalized spacial score (nSPS) is 11.0. The summed E-state index contributed by atoms with van der Waals surface area (Å²) in [5.74, 6) is -5.27. The summed E-state index contributed by atoms with van der Waals surface area (Å²) in [6, 6.07) is 19.5. The van der Waals surface area contributed by atoms with Gasteiger partial charge in [-0.2, -0.15) is 0 Å². The number of rotatable bonds is 9. The van der Waals surface area contributed by atoms with Crippen LogP contribution in [0.2, 0.25) is 5.02 Å². The third-order valence-electron chi connectivity index (χ3n) is 5.08. The molecular formula is C26H20ClNO5-2. The summed E-state index contributed by atoms with van der Waals surface area (Å²) in [5, 5.41) is 25.3. The minimum absolute atomic E-state index is 0.164. The third-order valence-corrected chi connectivity index (χ3v) is 5.39. The topological polar surface area (TPSA) is 109 Å². The van der Waals surface area contributed by atoms with Gasteiger partial charge in [-0.05, 0) is 48.7 Å². The molecule has 0 aromatic heterocycles. The van der Waals surface area contributed by atoms with Crippen molar-refractivity contribution in [1.29, 1.82) is 0 Å². The lowest BCUT2D eigenvalue weighted by molar-refractivity contribution is -0.331. The minimum atomic E-state index is -1.72. The number of carboxylic acids is 2. The lowest BCUT2D eigenvalue weighted by atomic mass is 9.99. The summed E-state index contributed by atoms with van der Waals surface area (Å²) in [5.41, 5.74) is 3.86. The first-order valence-corrected chi connectivity index (χ1v) is 10.5. The number of hydrogen-bond donors (Lipinski definition) is 1. The molecule has 3 rings (SSSR count). The zero-order valence-electron chi connectivity index (χ0n) is 17.7. The Kier molecular flexibility index (Phi) is 7.64. The molecule has 0 saturated carbocycles. The zero-order valence-corrected chi connectivity index (χ0v) is 18.5. The molecule has 0 aliphatic heterocycles. The third kappa shape index (κ3) is 5.87. The number of ketones is 1. The van der Waals surface area contributed by atoms with Crippen LogP contribution in [0.15, 0.2) is 72.8 Å². The molecule has 6 nitrogen and oxygen atoms in total.